The molecule has 0 aliphatic rings. The van der Waals surface area contributed by atoms with Crippen LogP contribution in [0.4, 0.5) is 4.79 Å². The molecule has 0 aliphatic carbocycles. The van der Waals surface area contributed by atoms with Gasteiger partial charge in [0.2, 0.25) is 0 Å². The summed E-state index contributed by atoms with van der Waals surface area (Å²) < 4.78 is 5.06. The van der Waals surface area contributed by atoms with Crippen molar-refractivity contribution >= 4 is 11.9 Å². The number of hydrogen-bond donors (Lipinski definition) is 1. The highest BCUT2D eigenvalue weighted by Gasteiger charge is 2.20. The monoisotopic (exact) mass is 265 g/mol. The Morgan fingerprint density at radius 3 is 2.32 bits per heavy atom. The van der Waals surface area contributed by atoms with Crippen LogP contribution in [0.3, 0.4) is 0 Å². The van der Waals surface area contributed by atoms with Crippen LogP contribution in [0.2, 0.25) is 0 Å². The number of benzene rings is 1. The van der Waals surface area contributed by atoms with Crippen LogP contribution < -0.4 is 4.74 Å². The normalized spacial score (nSPS) is 11.7. The van der Waals surface area contributed by atoms with E-state index >= 15 is 0 Å². The van der Waals surface area contributed by atoms with E-state index in [0.29, 0.717) is 0 Å². The summed E-state index contributed by atoms with van der Waals surface area (Å²) in [6.07, 6.45) is -0.795. The van der Waals surface area contributed by atoms with Gasteiger partial charge in [0, 0.05) is 13.0 Å². The van der Waals surface area contributed by atoms with E-state index in [2.05, 4.69) is 0 Å². The summed E-state index contributed by atoms with van der Waals surface area (Å²) in [6, 6.07) is 6.93. The molecule has 5 heteroatoms. The summed E-state index contributed by atoms with van der Waals surface area (Å²) in [5.41, 5.74) is 0.867. The Labute approximate surface area is 112 Å². The van der Waals surface area contributed by atoms with Crippen LogP contribution in [0.15, 0.2) is 24.3 Å². The summed E-state index contributed by atoms with van der Waals surface area (Å²) in [5, 5.41) is 9.21. The highest BCUT2D eigenvalue weighted by Crippen LogP contribution is 2.23. The average molecular weight is 265 g/mol. The van der Waals surface area contributed by atoms with Crippen molar-refractivity contribution in [3.05, 3.63) is 29.8 Å². The van der Waals surface area contributed by atoms with E-state index in [1.54, 1.807) is 26.2 Å². The van der Waals surface area contributed by atoms with Crippen molar-refractivity contribution in [3.8, 4) is 5.75 Å². The minimum atomic E-state index is -1.02. The van der Waals surface area contributed by atoms with Gasteiger partial charge in [0.1, 0.15) is 11.5 Å². The minimum absolute atomic E-state index is 0.0202. The molecule has 0 spiro atoms. The number of Topliss-reactive ketones (excluding diaryl/α,β-unsaturated/α-hetero) is 1. The van der Waals surface area contributed by atoms with Crippen LogP contribution >= 0.6 is 0 Å². The molecule has 1 amide bonds. The Balaban J connectivity index is 2.82. The molecule has 1 aromatic carbocycles. The van der Waals surface area contributed by atoms with Gasteiger partial charge in [-0.15, -0.1) is 0 Å². The van der Waals surface area contributed by atoms with Gasteiger partial charge in [-0.05, 0) is 31.5 Å². The second-order valence-electron chi connectivity index (χ2n) is 4.38. The maximum Gasteiger partial charge on any atom is 0.407 e. The zero-order valence-corrected chi connectivity index (χ0v) is 11.4. The van der Waals surface area contributed by atoms with Crippen LogP contribution in [0.5, 0.6) is 5.75 Å². The molecule has 0 heterocycles. The molecule has 1 N–H and O–H groups in total. The minimum Gasteiger partial charge on any atom is -0.497 e. The lowest BCUT2D eigenvalue weighted by atomic mass is 10.1. The number of carbonyl (C=O) groups excluding carboxylic acids is 1. The van der Waals surface area contributed by atoms with E-state index in [1.807, 2.05) is 12.1 Å². The zero-order valence-electron chi connectivity index (χ0n) is 11.4. The third-order valence-corrected chi connectivity index (χ3v) is 3.02. The number of amides is 1. The standard InChI is InChI=1S/C14H19NO4/c1-10(16)8-9-15(14(17)18)11(2)12-4-6-13(19-3)7-5-12/h4-7,11H,8-9H2,1-3H3,(H,17,18). The largest absolute Gasteiger partial charge is 0.497 e. The van der Waals surface area contributed by atoms with E-state index in [4.69, 9.17) is 4.74 Å². The molecule has 19 heavy (non-hydrogen) atoms. The Hall–Kier alpha value is -2.04. The SMILES string of the molecule is COc1ccc(C(C)N(CCC(C)=O)C(=O)O)cc1. The molecule has 0 aliphatic heterocycles. The first-order valence-electron chi connectivity index (χ1n) is 6.08. The van der Waals surface area contributed by atoms with Gasteiger partial charge in [-0.2, -0.15) is 0 Å². The first kappa shape index (κ1) is 15.0. The lowest BCUT2D eigenvalue weighted by molar-refractivity contribution is -0.117. The fourth-order valence-electron chi connectivity index (χ4n) is 1.80. The van der Waals surface area contributed by atoms with Gasteiger partial charge in [-0.25, -0.2) is 4.79 Å². The molecule has 5 nitrogen and oxygen atoms in total. The highest BCUT2D eigenvalue weighted by molar-refractivity contribution is 5.76. The number of ether oxygens (including phenoxy) is 1. The van der Waals surface area contributed by atoms with E-state index in [-0.39, 0.29) is 24.8 Å². The molecule has 1 aromatic rings. The zero-order chi connectivity index (χ0) is 14.4. The Kier molecular flexibility index (Phi) is 5.36. The van der Waals surface area contributed by atoms with Crippen molar-refractivity contribution in [2.24, 2.45) is 0 Å². The van der Waals surface area contributed by atoms with Crippen molar-refractivity contribution in [3.63, 3.8) is 0 Å². The molecule has 1 atom stereocenters. The second kappa shape index (κ2) is 6.78. The topological polar surface area (TPSA) is 66.8 Å². The lowest BCUT2D eigenvalue weighted by Gasteiger charge is -2.26. The first-order chi connectivity index (χ1) is 8.95. The Morgan fingerprint density at radius 1 is 1.32 bits per heavy atom. The molecule has 0 saturated heterocycles. The van der Waals surface area contributed by atoms with Gasteiger partial charge in [0.05, 0.1) is 13.2 Å². The Morgan fingerprint density at radius 2 is 1.89 bits per heavy atom. The van der Waals surface area contributed by atoms with Crippen molar-refractivity contribution in [1.82, 2.24) is 4.90 Å². The first-order valence-corrected chi connectivity index (χ1v) is 6.08. The molecule has 0 aromatic heterocycles. The van der Waals surface area contributed by atoms with Gasteiger partial charge in [0.25, 0.3) is 0 Å². The van der Waals surface area contributed by atoms with Crippen LogP contribution in [-0.2, 0) is 4.79 Å². The van der Waals surface area contributed by atoms with Crippen molar-refractivity contribution in [2.45, 2.75) is 26.3 Å². The predicted molar refractivity (Wildman–Crippen MR) is 71.4 cm³/mol. The highest BCUT2D eigenvalue weighted by atomic mass is 16.5. The number of carboxylic acid groups (broad SMARTS) is 1. The molecule has 1 rings (SSSR count). The van der Waals surface area contributed by atoms with Crippen molar-refractivity contribution < 1.29 is 19.4 Å². The van der Waals surface area contributed by atoms with Gasteiger partial charge < -0.3 is 14.7 Å². The number of hydrogen-bond acceptors (Lipinski definition) is 3. The molecular formula is C14H19NO4. The molecule has 1 unspecified atom stereocenters. The van der Waals surface area contributed by atoms with E-state index in [1.165, 1.54) is 11.8 Å². The number of methoxy groups -OCH3 is 1. The molecule has 0 bridgehead atoms. The van der Waals surface area contributed by atoms with Crippen LogP contribution in [0.25, 0.3) is 0 Å². The number of ketones is 1. The maximum atomic E-state index is 11.2. The molecule has 104 valence electrons. The molecule has 0 saturated carbocycles. The van der Waals surface area contributed by atoms with E-state index in [9.17, 15) is 14.7 Å². The lowest BCUT2D eigenvalue weighted by Crippen LogP contribution is -2.33. The summed E-state index contributed by atoms with van der Waals surface area (Å²) in [6.45, 7) is 3.46. The fourth-order valence-corrected chi connectivity index (χ4v) is 1.80. The van der Waals surface area contributed by atoms with Crippen molar-refractivity contribution in [2.75, 3.05) is 13.7 Å². The summed E-state index contributed by atoms with van der Waals surface area (Å²) in [5.74, 6) is 0.703. The van der Waals surface area contributed by atoms with Gasteiger partial charge in [-0.3, -0.25) is 4.79 Å². The summed E-state index contributed by atoms with van der Waals surface area (Å²) in [7, 11) is 1.58. The van der Waals surface area contributed by atoms with Crippen LogP contribution in [0.1, 0.15) is 31.9 Å². The second-order valence-corrected chi connectivity index (χ2v) is 4.38. The van der Waals surface area contributed by atoms with Crippen LogP contribution in [-0.4, -0.2) is 35.5 Å². The number of rotatable bonds is 6. The third kappa shape index (κ3) is 4.28. The number of carbonyl (C=O) groups is 2. The Bertz CT molecular complexity index is 441. The van der Waals surface area contributed by atoms with Crippen LogP contribution in [0, 0.1) is 0 Å². The van der Waals surface area contributed by atoms with E-state index < -0.39 is 6.09 Å². The van der Waals surface area contributed by atoms with E-state index in [0.717, 1.165) is 11.3 Å². The maximum absolute atomic E-state index is 11.2. The molecule has 0 fully saturated rings. The molecular weight excluding hydrogens is 246 g/mol. The number of nitrogens with zero attached hydrogens (tertiary/aromatic N) is 1. The average Bonchev–Trinajstić information content (AvgIpc) is 2.38. The summed E-state index contributed by atoms with van der Waals surface area (Å²) in [4.78, 5) is 23.5. The third-order valence-electron chi connectivity index (χ3n) is 3.02. The van der Waals surface area contributed by atoms with Gasteiger partial charge >= 0.3 is 6.09 Å². The van der Waals surface area contributed by atoms with Gasteiger partial charge in [0.15, 0.2) is 0 Å². The van der Waals surface area contributed by atoms with Gasteiger partial charge in [-0.1, -0.05) is 12.1 Å². The van der Waals surface area contributed by atoms with Crippen molar-refractivity contribution in [1.29, 1.82) is 0 Å². The summed E-state index contributed by atoms with van der Waals surface area (Å²) >= 11 is 0. The fraction of sp³-hybridized carbons (Fsp3) is 0.429. The molecule has 0 radical (unpaired) electrons. The quantitative estimate of drug-likeness (QED) is 0.858. The predicted octanol–water partition coefficient (Wildman–Crippen LogP) is 2.72. The smallest absolute Gasteiger partial charge is 0.407 e.